The Labute approximate surface area is 213 Å². The van der Waals surface area contributed by atoms with Crippen molar-refractivity contribution in [3.8, 4) is 0 Å². The number of hydrogen-bond acceptors (Lipinski definition) is 8. The zero-order chi connectivity index (χ0) is 24.3. The molecule has 10 heteroatoms. The second kappa shape index (κ2) is 10.7. The first-order chi connectivity index (χ1) is 17.1. The van der Waals surface area contributed by atoms with E-state index in [1.165, 1.54) is 0 Å². The summed E-state index contributed by atoms with van der Waals surface area (Å²) >= 11 is 3.40. The highest BCUT2D eigenvalue weighted by molar-refractivity contribution is 8.00. The first-order valence-electron chi connectivity index (χ1n) is 12.0. The fourth-order valence-corrected chi connectivity index (χ4v) is 6.94. The minimum absolute atomic E-state index is 0.0875. The Kier molecular flexibility index (Phi) is 7.43. The van der Waals surface area contributed by atoms with Gasteiger partial charge in [0.25, 0.3) is 0 Å². The molecule has 1 unspecified atom stereocenters. The number of ether oxygens (including phenoxy) is 1. The fraction of sp³-hybridized carbons (Fsp3) is 0.480. The predicted octanol–water partition coefficient (Wildman–Crippen LogP) is 2.45. The van der Waals surface area contributed by atoms with E-state index >= 15 is 0 Å². The van der Waals surface area contributed by atoms with Crippen molar-refractivity contribution >= 4 is 52.0 Å². The molecule has 3 N–H and O–H groups in total. The number of carbonyl (C=O) groups is 2. The molecule has 4 heterocycles. The molecule has 0 aliphatic carbocycles. The van der Waals surface area contributed by atoms with Gasteiger partial charge in [-0.15, -0.1) is 11.3 Å². The van der Waals surface area contributed by atoms with E-state index in [4.69, 9.17) is 15.5 Å². The summed E-state index contributed by atoms with van der Waals surface area (Å²) in [7, 11) is 0. The lowest BCUT2D eigenvalue weighted by atomic mass is 9.84. The van der Waals surface area contributed by atoms with Gasteiger partial charge in [0.2, 0.25) is 11.8 Å². The summed E-state index contributed by atoms with van der Waals surface area (Å²) in [6.45, 7) is 4.08. The van der Waals surface area contributed by atoms with Crippen LogP contribution in [0.1, 0.15) is 17.7 Å². The molecule has 35 heavy (non-hydrogen) atoms. The number of piperidine rings is 1. The highest BCUT2D eigenvalue weighted by atomic mass is 32.2. The van der Waals surface area contributed by atoms with E-state index in [0.717, 1.165) is 40.8 Å². The normalized spacial score (nSPS) is 22.9. The summed E-state index contributed by atoms with van der Waals surface area (Å²) in [5, 5.41) is 5.17. The Morgan fingerprint density at radius 2 is 1.86 bits per heavy atom. The molecule has 1 aromatic heterocycles. The van der Waals surface area contributed by atoms with Crippen molar-refractivity contribution in [2.24, 2.45) is 10.7 Å². The van der Waals surface area contributed by atoms with Crippen molar-refractivity contribution in [1.29, 1.82) is 0 Å². The summed E-state index contributed by atoms with van der Waals surface area (Å²) < 4.78 is 5.48. The predicted molar refractivity (Wildman–Crippen MR) is 143 cm³/mol. The van der Waals surface area contributed by atoms with Crippen molar-refractivity contribution in [2.75, 3.05) is 61.1 Å². The highest BCUT2D eigenvalue weighted by Crippen LogP contribution is 2.35. The Bertz CT molecular complexity index is 1080. The molecule has 0 radical (unpaired) electrons. The van der Waals surface area contributed by atoms with E-state index < -0.39 is 11.6 Å². The maximum atomic E-state index is 13.2. The SMILES string of the molecule is NC(=O)C1(N2CCOCC2)CCN(c2ccccc2NC(=O)C2CSCC(c3cccs3)=N2)CC1. The molecular formula is C25H31N5O3S2. The summed E-state index contributed by atoms with van der Waals surface area (Å²) in [5.74, 6) is 1.16. The van der Waals surface area contributed by atoms with Gasteiger partial charge >= 0.3 is 0 Å². The molecule has 5 rings (SSSR count). The van der Waals surface area contributed by atoms with Gasteiger partial charge in [-0.3, -0.25) is 19.5 Å². The van der Waals surface area contributed by atoms with Gasteiger partial charge in [-0.1, -0.05) is 18.2 Å². The quantitative estimate of drug-likeness (QED) is 0.616. The number of para-hydroxylation sites is 2. The van der Waals surface area contributed by atoms with Gasteiger partial charge in [-0.05, 0) is 36.4 Å². The Balaban J connectivity index is 1.29. The minimum atomic E-state index is -0.634. The number of primary amides is 1. The zero-order valence-electron chi connectivity index (χ0n) is 19.7. The van der Waals surface area contributed by atoms with Crippen molar-refractivity contribution in [1.82, 2.24) is 4.90 Å². The Hall–Kier alpha value is -2.40. The number of nitrogens with two attached hydrogens (primary N) is 1. The number of nitrogens with zero attached hydrogens (tertiary/aromatic N) is 3. The van der Waals surface area contributed by atoms with Crippen LogP contribution in [0.15, 0.2) is 46.8 Å². The number of thiophene rings is 1. The van der Waals surface area contributed by atoms with Crippen LogP contribution >= 0.6 is 23.1 Å². The average Bonchev–Trinajstić information content (AvgIpc) is 3.45. The van der Waals surface area contributed by atoms with Gasteiger partial charge in [0.1, 0.15) is 11.6 Å². The van der Waals surface area contributed by atoms with E-state index in [-0.39, 0.29) is 11.8 Å². The van der Waals surface area contributed by atoms with Crippen molar-refractivity contribution < 1.29 is 14.3 Å². The molecule has 1 aromatic carbocycles. The molecule has 1 atom stereocenters. The number of hydrogen-bond donors (Lipinski definition) is 2. The van der Waals surface area contributed by atoms with Gasteiger partial charge in [-0.25, -0.2) is 0 Å². The first-order valence-corrected chi connectivity index (χ1v) is 14.1. The molecule has 2 amide bonds. The van der Waals surface area contributed by atoms with Crippen LogP contribution < -0.4 is 16.0 Å². The fourth-order valence-electron chi connectivity index (χ4n) is 5.14. The van der Waals surface area contributed by atoms with Crippen molar-refractivity contribution in [2.45, 2.75) is 24.4 Å². The van der Waals surface area contributed by atoms with E-state index in [2.05, 4.69) is 21.2 Å². The molecule has 8 nitrogen and oxygen atoms in total. The summed E-state index contributed by atoms with van der Waals surface area (Å²) in [4.78, 5) is 36.1. The van der Waals surface area contributed by atoms with Crippen LogP contribution in [-0.2, 0) is 14.3 Å². The van der Waals surface area contributed by atoms with Gasteiger partial charge in [0.05, 0.1) is 30.3 Å². The third kappa shape index (κ3) is 5.11. The lowest BCUT2D eigenvalue weighted by Gasteiger charge is -2.48. The maximum absolute atomic E-state index is 13.2. The van der Waals surface area contributed by atoms with Crippen LogP contribution in [0.3, 0.4) is 0 Å². The number of rotatable bonds is 6. The summed E-state index contributed by atoms with van der Waals surface area (Å²) in [5.41, 5.74) is 8.03. The first kappa shape index (κ1) is 24.3. The van der Waals surface area contributed by atoms with Gasteiger partial charge in [-0.2, -0.15) is 11.8 Å². The number of amides is 2. The monoisotopic (exact) mass is 513 g/mol. The van der Waals surface area contributed by atoms with Gasteiger partial charge in [0.15, 0.2) is 0 Å². The number of thioether (sulfide) groups is 1. The average molecular weight is 514 g/mol. The highest BCUT2D eigenvalue weighted by Gasteiger charge is 2.45. The van der Waals surface area contributed by atoms with Crippen LogP contribution in [0.4, 0.5) is 11.4 Å². The second-order valence-corrected chi connectivity index (χ2v) is 11.1. The molecular weight excluding hydrogens is 482 g/mol. The Morgan fingerprint density at radius 1 is 1.09 bits per heavy atom. The lowest BCUT2D eigenvalue weighted by Crippen LogP contribution is -2.64. The number of morpholine rings is 1. The van der Waals surface area contributed by atoms with Crippen LogP contribution in [0.2, 0.25) is 0 Å². The molecule has 3 aliphatic heterocycles. The third-order valence-corrected chi connectivity index (χ3v) is 9.05. The van der Waals surface area contributed by atoms with Gasteiger partial charge < -0.3 is 20.7 Å². The van der Waals surface area contributed by atoms with E-state index in [9.17, 15) is 9.59 Å². The summed E-state index contributed by atoms with van der Waals surface area (Å²) in [6, 6.07) is 11.5. The van der Waals surface area contributed by atoms with Gasteiger partial charge in [0, 0.05) is 42.6 Å². The minimum Gasteiger partial charge on any atom is -0.379 e. The smallest absolute Gasteiger partial charge is 0.250 e. The molecule has 0 saturated carbocycles. The maximum Gasteiger partial charge on any atom is 0.250 e. The molecule has 186 valence electrons. The standard InChI is InChI=1S/C25H31N5O3S2/c26-24(32)25(30-11-13-33-14-12-30)7-9-29(10-8-25)21-5-2-1-4-18(21)28-23(31)20-17-34-16-19(27-20)22-6-3-15-35-22/h1-6,15,20H,7-14,16-17H2,(H2,26,32)(H,28,31). The molecule has 3 aliphatic rings. The van der Waals surface area contributed by atoms with Crippen LogP contribution in [0, 0.1) is 0 Å². The zero-order valence-corrected chi connectivity index (χ0v) is 21.3. The number of carbonyl (C=O) groups excluding carboxylic acids is 2. The van der Waals surface area contributed by atoms with Crippen LogP contribution in [0.5, 0.6) is 0 Å². The second-order valence-electron chi connectivity index (χ2n) is 9.07. The largest absolute Gasteiger partial charge is 0.379 e. The number of anilines is 2. The topological polar surface area (TPSA) is 100 Å². The number of aliphatic imine (C=N–C) groups is 1. The number of benzene rings is 1. The number of nitrogens with one attached hydrogen (secondary N) is 1. The summed E-state index contributed by atoms with van der Waals surface area (Å²) in [6.07, 6.45) is 1.30. The molecule has 0 spiro atoms. The molecule has 2 fully saturated rings. The Morgan fingerprint density at radius 3 is 2.57 bits per heavy atom. The van der Waals surface area contributed by atoms with E-state index in [1.807, 2.05) is 35.7 Å². The van der Waals surface area contributed by atoms with E-state index in [1.54, 1.807) is 23.1 Å². The van der Waals surface area contributed by atoms with Crippen molar-refractivity contribution in [3.63, 3.8) is 0 Å². The van der Waals surface area contributed by atoms with Crippen LogP contribution in [-0.4, -0.2) is 84.9 Å². The lowest BCUT2D eigenvalue weighted by molar-refractivity contribution is -0.135. The van der Waals surface area contributed by atoms with E-state index in [0.29, 0.717) is 44.9 Å². The molecule has 2 aromatic rings. The molecule has 0 bridgehead atoms. The van der Waals surface area contributed by atoms with Crippen LogP contribution in [0.25, 0.3) is 0 Å². The third-order valence-electron chi connectivity index (χ3n) is 7.10. The van der Waals surface area contributed by atoms with Crippen molar-refractivity contribution in [3.05, 3.63) is 46.7 Å². The molecule has 2 saturated heterocycles.